The highest BCUT2D eigenvalue weighted by atomic mass is 35.5. The van der Waals surface area contributed by atoms with Gasteiger partial charge >= 0.3 is 0 Å². The maximum Gasteiger partial charge on any atom is 0.171 e. The highest BCUT2D eigenvalue weighted by molar-refractivity contribution is 6.30. The largest absolute Gasteiger partial charge is 0.492 e. The second-order valence-electron chi connectivity index (χ2n) is 4.71. The lowest BCUT2D eigenvalue weighted by atomic mass is 9.99. The van der Waals surface area contributed by atoms with E-state index in [1.807, 2.05) is 12.1 Å². The Hall–Kier alpha value is -1.87. The lowest BCUT2D eigenvalue weighted by molar-refractivity contribution is 0.0989. The number of carbonyl (C=O) groups excluding carboxylic acids is 1. The number of Topliss-reactive ketones (excluding diaryl/α,β-unsaturated/α-hetero) is 1. The van der Waals surface area contributed by atoms with Gasteiger partial charge in [0.15, 0.2) is 5.78 Å². The number of ether oxygens (including phenoxy) is 1. The quantitative estimate of drug-likeness (QED) is 0.803. The molecule has 102 valence electrons. The topological polar surface area (TPSA) is 26.3 Å². The summed E-state index contributed by atoms with van der Waals surface area (Å²) in [4.78, 5) is 12.3. The molecule has 0 bridgehead atoms. The lowest BCUT2D eigenvalue weighted by Crippen LogP contribution is -2.07. The van der Waals surface area contributed by atoms with E-state index in [4.69, 9.17) is 16.3 Å². The zero-order valence-electron chi connectivity index (χ0n) is 10.7. The van der Waals surface area contributed by atoms with Crippen molar-refractivity contribution in [2.45, 2.75) is 12.8 Å². The first-order chi connectivity index (χ1) is 9.66. The zero-order valence-corrected chi connectivity index (χ0v) is 11.4. The van der Waals surface area contributed by atoms with E-state index in [2.05, 4.69) is 0 Å². The molecule has 0 radical (unpaired) electrons. The number of halogens is 2. The molecule has 3 rings (SSSR count). The molecular formula is C16H12ClFO2. The summed E-state index contributed by atoms with van der Waals surface area (Å²) in [7, 11) is 0. The van der Waals surface area contributed by atoms with Gasteiger partial charge in [-0.1, -0.05) is 35.9 Å². The summed E-state index contributed by atoms with van der Waals surface area (Å²) in [5, 5.41) is 0.0323. The maximum atomic E-state index is 13.8. The molecule has 0 aromatic heterocycles. The van der Waals surface area contributed by atoms with Gasteiger partial charge in [0, 0.05) is 12.8 Å². The van der Waals surface area contributed by atoms with Crippen molar-refractivity contribution in [3.63, 3.8) is 0 Å². The fourth-order valence-electron chi connectivity index (χ4n) is 2.39. The third kappa shape index (κ3) is 2.29. The smallest absolute Gasteiger partial charge is 0.171 e. The molecule has 20 heavy (non-hydrogen) atoms. The van der Waals surface area contributed by atoms with Gasteiger partial charge in [0.25, 0.3) is 0 Å². The van der Waals surface area contributed by atoms with E-state index in [9.17, 15) is 9.18 Å². The minimum Gasteiger partial charge on any atom is -0.492 e. The van der Waals surface area contributed by atoms with Crippen molar-refractivity contribution >= 4 is 17.4 Å². The minimum atomic E-state index is -0.531. The van der Waals surface area contributed by atoms with Crippen molar-refractivity contribution in [2.24, 2.45) is 0 Å². The predicted octanol–water partition coefficient (Wildman–Crippen LogP) is 3.84. The van der Waals surface area contributed by atoms with E-state index >= 15 is 0 Å². The molecule has 0 atom stereocenters. The molecule has 0 fully saturated rings. The average Bonchev–Trinajstić information content (AvgIpc) is 2.92. The van der Waals surface area contributed by atoms with Crippen LogP contribution in [0.4, 0.5) is 4.39 Å². The molecule has 0 N–H and O–H groups in total. The van der Waals surface area contributed by atoms with E-state index < -0.39 is 5.82 Å². The standard InChI is InChI=1S/C16H12ClFO2/c17-13-6-2-4-11(15(13)18)9-14(19)12-5-1-3-10-7-8-20-16(10)12/h1-6H,7-9H2. The van der Waals surface area contributed by atoms with Crippen molar-refractivity contribution in [2.75, 3.05) is 6.61 Å². The number of ketones is 1. The van der Waals surface area contributed by atoms with Gasteiger partial charge in [0.05, 0.1) is 17.2 Å². The number of benzene rings is 2. The zero-order chi connectivity index (χ0) is 14.1. The summed E-state index contributed by atoms with van der Waals surface area (Å²) < 4.78 is 19.3. The summed E-state index contributed by atoms with van der Waals surface area (Å²) >= 11 is 5.73. The number of hydrogen-bond donors (Lipinski definition) is 0. The maximum absolute atomic E-state index is 13.8. The van der Waals surface area contributed by atoms with Crippen LogP contribution in [0.1, 0.15) is 21.5 Å². The van der Waals surface area contributed by atoms with Crippen molar-refractivity contribution in [1.82, 2.24) is 0 Å². The molecular weight excluding hydrogens is 279 g/mol. The van der Waals surface area contributed by atoms with Gasteiger partial charge in [-0.2, -0.15) is 0 Å². The first-order valence-corrected chi connectivity index (χ1v) is 6.75. The molecule has 2 aromatic rings. The molecule has 0 unspecified atom stereocenters. The average molecular weight is 291 g/mol. The fraction of sp³-hybridized carbons (Fsp3) is 0.188. The van der Waals surface area contributed by atoms with Crippen molar-refractivity contribution in [1.29, 1.82) is 0 Å². The molecule has 1 aliphatic heterocycles. The van der Waals surface area contributed by atoms with Crippen LogP contribution in [0.2, 0.25) is 5.02 Å². The van der Waals surface area contributed by atoms with E-state index in [1.165, 1.54) is 6.07 Å². The van der Waals surface area contributed by atoms with Gasteiger partial charge in [-0.25, -0.2) is 4.39 Å². The highest BCUT2D eigenvalue weighted by Gasteiger charge is 2.21. The second-order valence-corrected chi connectivity index (χ2v) is 5.11. The fourth-order valence-corrected chi connectivity index (χ4v) is 2.58. The first kappa shape index (κ1) is 13.1. The number of hydrogen-bond acceptors (Lipinski definition) is 2. The van der Waals surface area contributed by atoms with Crippen LogP contribution in [0, 0.1) is 5.82 Å². The predicted molar refractivity (Wildman–Crippen MR) is 75.1 cm³/mol. The summed E-state index contributed by atoms with van der Waals surface area (Å²) in [6, 6.07) is 10.2. The normalized spacial score (nSPS) is 12.9. The molecule has 0 aliphatic carbocycles. The van der Waals surface area contributed by atoms with Crippen molar-refractivity contribution in [3.8, 4) is 5.75 Å². The Kier molecular flexibility index (Phi) is 3.45. The molecule has 1 heterocycles. The Morgan fingerprint density at radius 3 is 2.90 bits per heavy atom. The Labute approximate surface area is 121 Å². The monoisotopic (exact) mass is 290 g/mol. The van der Waals surface area contributed by atoms with E-state index in [-0.39, 0.29) is 17.2 Å². The number of para-hydroxylation sites is 1. The van der Waals surface area contributed by atoms with Crippen LogP contribution >= 0.6 is 11.6 Å². The van der Waals surface area contributed by atoms with Gasteiger partial charge in [-0.05, 0) is 23.3 Å². The number of carbonyl (C=O) groups is 1. The Bertz CT molecular complexity index is 682. The van der Waals surface area contributed by atoms with Crippen LogP contribution in [0.25, 0.3) is 0 Å². The van der Waals surface area contributed by atoms with Gasteiger partial charge in [0.1, 0.15) is 11.6 Å². The number of fused-ring (bicyclic) bond motifs is 1. The van der Waals surface area contributed by atoms with E-state index in [0.29, 0.717) is 23.5 Å². The van der Waals surface area contributed by atoms with Gasteiger partial charge in [0.2, 0.25) is 0 Å². The molecule has 4 heteroatoms. The number of rotatable bonds is 3. The van der Waals surface area contributed by atoms with Crippen LogP contribution in [0.5, 0.6) is 5.75 Å². The minimum absolute atomic E-state index is 0.0216. The first-order valence-electron chi connectivity index (χ1n) is 6.37. The van der Waals surface area contributed by atoms with E-state index in [0.717, 1.165) is 12.0 Å². The van der Waals surface area contributed by atoms with Crippen LogP contribution in [-0.4, -0.2) is 12.4 Å². The summed E-state index contributed by atoms with van der Waals surface area (Å²) in [6.45, 7) is 0.588. The highest BCUT2D eigenvalue weighted by Crippen LogP contribution is 2.30. The molecule has 2 nitrogen and oxygen atoms in total. The van der Waals surface area contributed by atoms with Crippen LogP contribution in [0.15, 0.2) is 36.4 Å². The molecule has 1 aliphatic rings. The van der Waals surface area contributed by atoms with Gasteiger partial charge in [-0.3, -0.25) is 4.79 Å². The van der Waals surface area contributed by atoms with Crippen molar-refractivity contribution in [3.05, 3.63) is 63.9 Å². The molecule has 2 aromatic carbocycles. The van der Waals surface area contributed by atoms with Crippen LogP contribution in [0.3, 0.4) is 0 Å². The SMILES string of the molecule is O=C(Cc1cccc(Cl)c1F)c1cccc2c1OCC2. The third-order valence-electron chi connectivity index (χ3n) is 3.40. The third-order valence-corrected chi connectivity index (χ3v) is 3.69. The Morgan fingerprint density at radius 1 is 1.25 bits per heavy atom. The lowest BCUT2D eigenvalue weighted by Gasteiger charge is -2.08. The van der Waals surface area contributed by atoms with E-state index in [1.54, 1.807) is 18.2 Å². The Morgan fingerprint density at radius 2 is 2.05 bits per heavy atom. The molecule has 0 amide bonds. The van der Waals surface area contributed by atoms with Crippen LogP contribution < -0.4 is 4.74 Å². The second kappa shape index (κ2) is 5.25. The summed E-state index contributed by atoms with van der Waals surface area (Å²) in [5.74, 6) is -0.0548. The van der Waals surface area contributed by atoms with Gasteiger partial charge in [-0.15, -0.1) is 0 Å². The molecule has 0 saturated carbocycles. The summed E-state index contributed by atoms with van der Waals surface area (Å²) in [6.07, 6.45) is 0.786. The summed E-state index contributed by atoms with van der Waals surface area (Å²) in [5.41, 5.74) is 1.85. The van der Waals surface area contributed by atoms with Crippen molar-refractivity contribution < 1.29 is 13.9 Å². The molecule has 0 spiro atoms. The van der Waals surface area contributed by atoms with Crippen LogP contribution in [-0.2, 0) is 12.8 Å². The molecule has 0 saturated heterocycles. The van der Waals surface area contributed by atoms with Gasteiger partial charge < -0.3 is 4.74 Å². The Balaban J connectivity index is 1.91.